The number of esters is 1. The maximum Gasteiger partial charge on any atom is 0.308 e. The zero-order chi connectivity index (χ0) is 13.0. The van der Waals surface area contributed by atoms with Gasteiger partial charge in [-0.25, -0.2) is 0 Å². The van der Waals surface area contributed by atoms with Crippen molar-refractivity contribution in [2.75, 3.05) is 13.7 Å². The van der Waals surface area contributed by atoms with Crippen LogP contribution < -0.4 is 10.5 Å². The van der Waals surface area contributed by atoms with Crippen LogP contribution in [0.25, 0.3) is 0 Å². The molecule has 98 valence electrons. The molecule has 0 aliphatic heterocycles. The maximum absolute atomic E-state index is 11.0. The minimum atomic E-state index is -0.255. The Balaban J connectivity index is 1.96. The second-order valence-corrected chi connectivity index (χ2v) is 4.53. The van der Waals surface area contributed by atoms with Gasteiger partial charge < -0.3 is 15.2 Å². The smallest absolute Gasteiger partial charge is 0.308 e. The molecule has 0 saturated heterocycles. The fourth-order valence-corrected chi connectivity index (χ4v) is 2.27. The molecule has 0 saturated carbocycles. The molecule has 2 N–H and O–H groups in total. The van der Waals surface area contributed by atoms with Gasteiger partial charge in [0.2, 0.25) is 0 Å². The van der Waals surface area contributed by atoms with Gasteiger partial charge in [0.1, 0.15) is 5.75 Å². The van der Waals surface area contributed by atoms with Gasteiger partial charge in [-0.05, 0) is 42.5 Å². The van der Waals surface area contributed by atoms with E-state index in [9.17, 15) is 4.79 Å². The molecule has 1 aliphatic carbocycles. The molecular formula is C14H19NO3. The summed E-state index contributed by atoms with van der Waals surface area (Å²) in [6, 6.07) is 6.14. The van der Waals surface area contributed by atoms with Crippen molar-refractivity contribution in [3.05, 3.63) is 29.3 Å². The van der Waals surface area contributed by atoms with Gasteiger partial charge in [0.05, 0.1) is 20.1 Å². The van der Waals surface area contributed by atoms with Crippen LogP contribution in [0.1, 0.15) is 36.4 Å². The number of methoxy groups -OCH3 is 1. The van der Waals surface area contributed by atoms with E-state index in [4.69, 9.17) is 10.5 Å². The molecule has 0 fully saturated rings. The summed E-state index contributed by atoms with van der Waals surface area (Å²) in [7, 11) is 1.38. The lowest BCUT2D eigenvalue weighted by molar-refractivity contribution is -0.141. The second-order valence-electron chi connectivity index (χ2n) is 4.53. The number of benzene rings is 1. The molecule has 0 radical (unpaired) electrons. The van der Waals surface area contributed by atoms with Gasteiger partial charge in [-0.3, -0.25) is 4.79 Å². The lowest BCUT2D eigenvalue weighted by Gasteiger charge is -2.22. The van der Waals surface area contributed by atoms with Crippen molar-refractivity contribution in [1.82, 2.24) is 0 Å². The van der Waals surface area contributed by atoms with Crippen LogP contribution in [0.15, 0.2) is 18.2 Å². The van der Waals surface area contributed by atoms with Crippen molar-refractivity contribution in [2.45, 2.75) is 31.7 Å². The van der Waals surface area contributed by atoms with E-state index < -0.39 is 0 Å². The lowest BCUT2D eigenvalue weighted by Crippen LogP contribution is -2.17. The van der Waals surface area contributed by atoms with E-state index in [1.54, 1.807) is 0 Å². The first kappa shape index (κ1) is 12.9. The van der Waals surface area contributed by atoms with E-state index in [1.165, 1.54) is 18.2 Å². The summed E-state index contributed by atoms with van der Waals surface area (Å²) < 4.78 is 10.1. The Morgan fingerprint density at radius 2 is 2.33 bits per heavy atom. The Hall–Kier alpha value is -1.55. The molecule has 18 heavy (non-hydrogen) atoms. The largest absolute Gasteiger partial charge is 0.493 e. The monoisotopic (exact) mass is 249 g/mol. The van der Waals surface area contributed by atoms with Crippen LogP contribution in [0, 0.1) is 0 Å². The third kappa shape index (κ3) is 3.01. The number of ether oxygens (including phenoxy) is 2. The Bertz CT molecular complexity index is 431. The zero-order valence-electron chi connectivity index (χ0n) is 10.6. The van der Waals surface area contributed by atoms with Crippen molar-refractivity contribution in [1.29, 1.82) is 0 Å². The fourth-order valence-electron chi connectivity index (χ4n) is 2.27. The Labute approximate surface area is 107 Å². The average Bonchev–Trinajstić information content (AvgIpc) is 2.38. The molecule has 2 rings (SSSR count). The van der Waals surface area contributed by atoms with E-state index in [0.717, 1.165) is 25.0 Å². The molecule has 1 atom stereocenters. The summed E-state index contributed by atoms with van der Waals surface area (Å²) in [4.78, 5) is 11.0. The van der Waals surface area contributed by atoms with E-state index in [2.05, 4.69) is 4.74 Å². The highest BCUT2D eigenvalue weighted by Gasteiger charge is 2.16. The highest BCUT2D eigenvalue weighted by molar-refractivity contribution is 5.69. The topological polar surface area (TPSA) is 61.5 Å². The number of carbonyl (C=O) groups is 1. The van der Waals surface area contributed by atoms with Gasteiger partial charge in [0.15, 0.2) is 0 Å². The van der Waals surface area contributed by atoms with Gasteiger partial charge in [0.25, 0.3) is 0 Å². The molecule has 0 bridgehead atoms. The molecule has 4 heteroatoms. The number of fused-ring (bicyclic) bond motifs is 1. The quantitative estimate of drug-likeness (QED) is 0.829. The van der Waals surface area contributed by atoms with Crippen LogP contribution >= 0.6 is 0 Å². The molecule has 0 spiro atoms. The van der Waals surface area contributed by atoms with Gasteiger partial charge >= 0.3 is 5.97 Å². The third-order valence-corrected chi connectivity index (χ3v) is 3.28. The minimum absolute atomic E-state index is 0.151. The first-order valence-electron chi connectivity index (χ1n) is 6.28. The van der Waals surface area contributed by atoms with Crippen LogP contribution in [0.3, 0.4) is 0 Å². The Kier molecular flexibility index (Phi) is 4.20. The van der Waals surface area contributed by atoms with Gasteiger partial charge in [0, 0.05) is 6.04 Å². The molecule has 1 unspecified atom stereocenters. The van der Waals surface area contributed by atoms with Crippen molar-refractivity contribution >= 4 is 5.97 Å². The molecule has 4 nitrogen and oxygen atoms in total. The summed E-state index contributed by atoms with van der Waals surface area (Å²) in [5, 5.41) is 0. The Morgan fingerprint density at radius 3 is 3.11 bits per heavy atom. The highest BCUT2D eigenvalue weighted by atomic mass is 16.5. The Morgan fingerprint density at radius 1 is 1.50 bits per heavy atom. The first-order valence-corrected chi connectivity index (χ1v) is 6.28. The predicted molar refractivity (Wildman–Crippen MR) is 68.4 cm³/mol. The van der Waals surface area contributed by atoms with Gasteiger partial charge in [-0.15, -0.1) is 0 Å². The standard InChI is InChI=1S/C14H19NO3/c1-17-14(16)7-8-18-11-5-6-12-10(9-11)3-2-4-13(12)15/h5-6,9,13H,2-4,7-8,15H2,1H3. The normalized spacial score (nSPS) is 18.0. The summed E-state index contributed by atoms with van der Waals surface area (Å²) in [5.74, 6) is 0.543. The molecule has 0 aromatic heterocycles. The lowest BCUT2D eigenvalue weighted by atomic mass is 9.88. The third-order valence-electron chi connectivity index (χ3n) is 3.28. The predicted octanol–water partition coefficient (Wildman–Crippen LogP) is 1.96. The number of aryl methyl sites for hydroxylation is 1. The zero-order valence-corrected chi connectivity index (χ0v) is 10.6. The number of hydrogen-bond acceptors (Lipinski definition) is 4. The highest BCUT2D eigenvalue weighted by Crippen LogP contribution is 2.30. The molecule has 1 aromatic rings. The summed E-state index contributed by atoms with van der Waals surface area (Å²) in [5.41, 5.74) is 8.54. The van der Waals surface area contributed by atoms with Crippen LogP contribution in [-0.2, 0) is 16.0 Å². The van der Waals surface area contributed by atoms with E-state index >= 15 is 0 Å². The van der Waals surface area contributed by atoms with Crippen molar-refractivity contribution in [2.24, 2.45) is 5.73 Å². The SMILES string of the molecule is COC(=O)CCOc1ccc2c(c1)CCCC2N. The summed E-state index contributed by atoms with van der Waals surface area (Å²) >= 11 is 0. The molecule has 0 heterocycles. The van der Waals surface area contributed by atoms with E-state index in [0.29, 0.717) is 6.61 Å². The minimum Gasteiger partial charge on any atom is -0.493 e. The van der Waals surface area contributed by atoms with Gasteiger partial charge in [-0.2, -0.15) is 0 Å². The number of nitrogens with two attached hydrogens (primary N) is 1. The summed E-state index contributed by atoms with van der Waals surface area (Å²) in [6.45, 7) is 0.345. The van der Waals surface area contributed by atoms with Crippen LogP contribution in [-0.4, -0.2) is 19.7 Å². The molecule has 0 amide bonds. The van der Waals surface area contributed by atoms with Crippen molar-refractivity contribution < 1.29 is 14.3 Å². The average molecular weight is 249 g/mol. The first-order chi connectivity index (χ1) is 8.70. The number of rotatable bonds is 4. The van der Waals surface area contributed by atoms with Gasteiger partial charge in [-0.1, -0.05) is 6.07 Å². The number of hydrogen-bond donors (Lipinski definition) is 1. The fraction of sp³-hybridized carbons (Fsp3) is 0.500. The molecule has 1 aliphatic rings. The summed E-state index contributed by atoms with van der Waals surface area (Å²) in [6.07, 6.45) is 3.50. The van der Waals surface area contributed by atoms with Crippen LogP contribution in [0.2, 0.25) is 0 Å². The second kappa shape index (κ2) is 5.87. The van der Waals surface area contributed by atoms with Crippen LogP contribution in [0.4, 0.5) is 0 Å². The van der Waals surface area contributed by atoms with Crippen molar-refractivity contribution in [3.63, 3.8) is 0 Å². The van der Waals surface area contributed by atoms with E-state index in [-0.39, 0.29) is 18.4 Å². The number of carbonyl (C=O) groups excluding carboxylic acids is 1. The molecule has 1 aromatic carbocycles. The maximum atomic E-state index is 11.0. The van der Waals surface area contributed by atoms with E-state index in [1.807, 2.05) is 18.2 Å². The van der Waals surface area contributed by atoms with Crippen LogP contribution in [0.5, 0.6) is 5.75 Å². The molecular weight excluding hydrogens is 230 g/mol. The van der Waals surface area contributed by atoms with Crippen molar-refractivity contribution in [3.8, 4) is 5.75 Å².